The maximum absolute atomic E-state index is 12.2. The maximum atomic E-state index is 12.2. The van der Waals surface area contributed by atoms with Crippen molar-refractivity contribution < 1.29 is 55.5 Å². The van der Waals surface area contributed by atoms with Crippen molar-refractivity contribution in [2.45, 2.75) is 24.9 Å². The number of fused-ring (bicyclic) bond motifs is 1. The number of hydrogen-bond donors (Lipinski definition) is 6. The highest BCUT2D eigenvalue weighted by Gasteiger charge is 2.44. The van der Waals surface area contributed by atoms with Crippen LogP contribution in [0.2, 0.25) is 0 Å². The molecule has 3 heterocycles. The molecular formula is C16H24N5O12P3S. The summed E-state index contributed by atoms with van der Waals surface area (Å²) in [4.78, 5) is 36.7. The number of nitrogens with two attached hydrogens (primary N) is 2. The molecule has 0 amide bonds. The summed E-state index contributed by atoms with van der Waals surface area (Å²) in [5, 5.41) is 0.475. The molecule has 2 aromatic rings. The van der Waals surface area contributed by atoms with E-state index in [0.29, 0.717) is 23.7 Å². The first kappa shape index (κ1) is 30.2. The molecule has 21 heteroatoms. The van der Waals surface area contributed by atoms with E-state index in [2.05, 4.69) is 47.6 Å². The van der Waals surface area contributed by atoms with Crippen molar-refractivity contribution in [3.05, 3.63) is 18.1 Å². The third kappa shape index (κ3) is 7.82. The zero-order valence-corrected chi connectivity index (χ0v) is 22.6. The van der Waals surface area contributed by atoms with Gasteiger partial charge in [0.25, 0.3) is 0 Å². The van der Waals surface area contributed by atoms with E-state index in [1.165, 1.54) is 6.33 Å². The van der Waals surface area contributed by atoms with Crippen molar-refractivity contribution in [3.8, 4) is 11.8 Å². The lowest BCUT2D eigenvalue weighted by Crippen LogP contribution is -2.28. The number of aromatic nitrogens is 3. The number of rotatable bonds is 11. The predicted molar refractivity (Wildman–Crippen MR) is 130 cm³/mol. The van der Waals surface area contributed by atoms with E-state index in [9.17, 15) is 23.5 Å². The van der Waals surface area contributed by atoms with Gasteiger partial charge in [-0.1, -0.05) is 11.8 Å². The van der Waals surface area contributed by atoms with Crippen LogP contribution in [0.1, 0.15) is 18.2 Å². The number of phosphoric acid groups is 3. The fraction of sp³-hybridized carbons (Fsp3) is 0.500. The average molecular weight is 603 g/mol. The van der Waals surface area contributed by atoms with Gasteiger partial charge in [0, 0.05) is 19.7 Å². The summed E-state index contributed by atoms with van der Waals surface area (Å²) >= 11 is 4.03. The Morgan fingerprint density at radius 1 is 1.22 bits per heavy atom. The van der Waals surface area contributed by atoms with Gasteiger partial charge >= 0.3 is 23.5 Å². The first-order valence-corrected chi connectivity index (χ1v) is 15.2. The molecule has 37 heavy (non-hydrogen) atoms. The largest absolute Gasteiger partial charge is 0.490 e. The zero-order chi connectivity index (χ0) is 27.4. The summed E-state index contributed by atoms with van der Waals surface area (Å²) in [6, 6.07) is 0. The number of anilines is 1. The number of ether oxygens (including phenoxy) is 2. The molecule has 1 saturated heterocycles. The van der Waals surface area contributed by atoms with Crippen molar-refractivity contribution in [3.63, 3.8) is 0 Å². The van der Waals surface area contributed by atoms with Gasteiger partial charge in [0.05, 0.1) is 36.1 Å². The molecule has 0 aliphatic carbocycles. The molecule has 7 N–H and O–H groups in total. The minimum Gasteiger partial charge on any atom is -0.383 e. The van der Waals surface area contributed by atoms with E-state index < -0.39 is 48.5 Å². The van der Waals surface area contributed by atoms with E-state index in [1.807, 2.05) is 0 Å². The summed E-state index contributed by atoms with van der Waals surface area (Å²) in [7, 11) is -15.2. The van der Waals surface area contributed by atoms with Crippen LogP contribution in [-0.2, 0) is 40.8 Å². The van der Waals surface area contributed by atoms with Gasteiger partial charge in [0.2, 0.25) is 0 Å². The number of thiol groups is 1. The van der Waals surface area contributed by atoms with Crippen molar-refractivity contribution in [1.29, 1.82) is 0 Å². The summed E-state index contributed by atoms with van der Waals surface area (Å²) in [5.74, 6) is 5.76. The van der Waals surface area contributed by atoms with E-state index in [4.69, 9.17) is 30.4 Å². The summed E-state index contributed by atoms with van der Waals surface area (Å²) in [5.41, 5.74) is 12.4. The zero-order valence-electron chi connectivity index (χ0n) is 19.0. The van der Waals surface area contributed by atoms with Crippen LogP contribution in [0.5, 0.6) is 0 Å². The summed E-state index contributed by atoms with van der Waals surface area (Å²) < 4.78 is 65.1. The van der Waals surface area contributed by atoms with Gasteiger partial charge in [-0.15, -0.1) is 0 Å². The lowest BCUT2D eigenvalue weighted by molar-refractivity contribution is -0.0520. The molecule has 6 atom stereocenters. The highest BCUT2D eigenvalue weighted by Crippen LogP contribution is 2.67. The molecule has 0 spiro atoms. The number of nitrogen functional groups attached to an aromatic ring is 1. The Morgan fingerprint density at radius 2 is 1.92 bits per heavy atom. The monoisotopic (exact) mass is 603 g/mol. The van der Waals surface area contributed by atoms with Gasteiger partial charge in [-0.3, -0.25) is 9.05 Å². The topological polar surface area (TPSA) is 250 Å². The highest BCUT2D eigenvalue weighted by molar-refractivity contribution is 7.80. The summed E-state index contributed by atoms with van der Waals surface area (Å²) in [6.07, 6.45) is 0.629. The summed E-state index contributed by atoms with van der Waals surface area (Å²) in [6.45, 7) is -0.562. The Morgan fingerprint density at radius 3 is 2.57 bits per heavy atom. The fourth-order valence-corrected chi connectivity index (χ4v) is 6.82. The SMILES string of the molecule is COP(=O)(O)OP(=O)(O)OP(=O)(O)OCC1O[C@@H](n2cc(C#CCN)c3c(N)ncnc32)C[C@H]1OCS. The van der Waals surface area contributed by atoms with Crippen LogP contribution >= 0.6 is 36.1 Å². The maximum Gasteiger partial charge on any atom is 0.490 e. The molecule has 1 aliphatic heterocycles. The van der Waals surface area contributed by atoms with E-state index in [0.717, 1.165) is 0 Å². The molecule has 3 rings (SSSR count). The normalized spacial score (nSPS) is 24.6. The molecule has 2 aromatic heterocycles. The number of hydrogen-bond acceptors (Lipinski definition) is 14. The Balaban J connectivity index is 1.78. The molecule has 17 nitrogen and oxygen atoms in total. The van der Waals surface area contributed by atoms with Gasteiger partial charge in [0.1, 0.15) is 30.1 Å². The van der Waals surface area contributed by atoms with Crippen molar-refractivity contribution in [1.82, 2.24) is 14.5 Å². The minimum absolute atomic E-state index is 0.0399. The van der Waals surface area contributed by atoms with Gasteiger partial charge in [-0.25, -0.2) is 23.7 Å². The third-order valence-corrected chi connectivity index (χ3v) is 9.18. The molecule has 206 valence electrons. The molecule has 4 unspecified atom stereocenters. The van der Waals surface area contributed by atoms with Crippen LogP contribution in [-0.4, -0.2) is 67.6 Å². The van der Waals surface area contributed by atoms with Gasteiger partial charge in [-0.2, -0.15) is 21.3 Å². The average Bonchev–Trinajstić information content (AvgIpc) is 3.37. The predicted octanol–water partition coefficient (Wildman–Crippen LogP) is 0.881. The van der Waals surface area contributed by atoms with Crippen LogP contribution in [0.25, 0.3) is 11.0 Å². The van der Waals surface area contributed by atoms with Crippen LogP contribution in [0.15, 0.2) is 12.5 Å². The number of nitrogens with zero attached hydrogens (tertiary/aromatic N) is 3. The Bertz CT molecular complexity index is 1330. The Hall–Kier alpha value is -1.38. The van der Waals surface area contributed by atoms with E-state index in [1.54, 1.807) is 10.8 Å². The van der Waals surface area contributed by atoms with Crippen LogP contribution in [0.4, 0.5) is 5.82 Å². The smallest absolute Gasteiger partial charge is 0.383 e. The second kappa shape index (κ2) is 12.2. The molecular weight excluding hydrogens is 579 g/mol. The quantitative estimate of drug-likeness (QED) is 0.0902. The van der Waals surface area contributed by atoms with Crippen LogP contribution < -0.4 is 11.5 Å². The number of phosphoric ester groups is 2. The standard InChI is InChI=1S/C16H24N5O12P3S/c1-28-34(22,23)32-36(26,27)33-35(24,25)30-7-12-11(29-9-37)5-13(31-12)21-6-10(3-2-4-17)14-15(18)19-8-20-16(14)21/h6,8,11-13,37H,4-5,7,9,17H2,1H3,(H,22,23)(H,24,25)(H,26,27)(H2,18,19,20)/t11-,12?,13-/m1/s1. The molecule has 0 bridgehead atoms. The van der Waals surface area contributed by atoms with E-state index >= 15 is 0 Å². The van der Waals surface area contributed by atoms with Crippen LogP contribution in [0.3, 0.4) is 0 Å². The minimum atomic E-state index is -5.55. The molecule has 0 saturated carbocycles. The fourth-order valence-electron chi connectivity index (χ4n) is 3.36. The molecule has 1 aliphatic rings. The molecule has 0 aromatic carbocycles. The second-order valence-corrected chi connectivity index (χ2v) is 12.2. The van der Waals surface area contributed by atoms with Crippen LogP contribution in [0, 0.1) is 11.8 Å². The van der Waals surface area contributed by atoms with Crippen molar-refractivity contribution in [2.24, 2.45) is 5.73 Å². The highest BCUT2D eigenvalue weighted by atomic mass is 32.1. The van der Waals surface area contributed by atoms with Crippen molar-refractivity contribution >= 4 is 52.9 Å². The van der Waals surface area contributed by atoms with Gasteiger partial charge < -0.3 is 40.2 Å². The first-order chi connectivity index (χ1) is 17.3. The second-order valence-electron chi connectivity index (χ2n) is 7.16. The van der Waals surface area contributed by atoms with Gasteiger partial charge in [-0.05, 0) is 0 Å². The first-order valence-electron chi connectivity index (χ1n) is 10.1. The van der Waals surface area contributed by atoms with E-state index in [-0.39, 0.29) is 24.7 Å². The van der Waals surface area contributed by atoms with Crippen molar-refractivity contribution in [2.75, 3.05) is 31.9 Å². The lowest BCUT2D eigenvalue weighted by atomic mass is 10.2. The molecule has 0 radical (unpaired) electrons. The Kier molecular flexibility index (Phi) is 9.95. The molecule has 1 fully saturated rings. The lowest BCUT2D eigenvalue weighted by Gasteiger charge is -2.21. The third-order valence-electron chi connectivity index (χ3n) is 4.79. The Labute approximate surface area is 215 Å². The van der Waals surface area contributed by atoms with Gasteiger partial charge in [0.15, 0.2) is 0 Å².